The number of nitrogens with one attached hydrogen (secondary N) is 2. The van der Waals surface area contributed by atoms with E-state index in [0.29, 0.717) is 24.6 Å². The molecule has 6 heteroatoms. The van der Waals surface area contributed by atoms with Gasteiger partial charge in [-0.3, -0.25) is 0 Å². The van der Waals surface area contributed by atoms with Gasteiger partial charge in [-0.15, -0.1) is 0 Å². The van der Waals surface area contributed by atoms with E-state index in [2.05, 4.69) is 10.0 Å². The van der Waals surface area contributed by atoms with Crippen LogP contribution in [0, 0.1) is 18.7 Å². The standard InChI is InChI=1S/C15H25FN2O2S/c1-5-12(6-2)10-18-21(19,20)15-8-13(9-17-4)7-14(16)11(15)3/h7-8,12,17-18H,5-6,9-10H2,1-4H3. The zero-order valence-electron chi connectivity index (χ0n) is 13.2. The third-order valence-electron chi connectivity index (χ3n) is 3.74. The van der Waals surface area contributed by atoms with E-state index in [1.54, 1.807) is 7.05 Å². The van der Waals surface area contributed by atoms with E-state index >= 15 is 0 Å². The van der Waals surface area contributed by atoms with Crippen LogP contribution in [0.15, 0.2) is 17.0 Å². The van der Waals surface area contributed by atoms with Crippen molar-refractivity contribution in [3.63, 3.8) is 0 Å². The predicted octanol–water partition coefficient (Wildman–Crippen LogP) is 2.57. The highest BCUT2D eigenvalue weighted by Crippen LogP contribution is 2.21. The number of hydrogen-bond acceptors (Lipinski definition) is 3. The minimum Gasteiger partial charge on any atom is -0.316 e. The second kappa shape index (κ2) is 7.87. The molecule has 0 atom stereocenters. The van der Waals surface area contributed by atoms with Gasteiger partial charge in [0, 0.05) is 18.7 Å². The number of halogens is 1. The summed E-state index contributed by atoms with van der Waals surface area (Å²) in [5, 5.41) is 2.90. The quantitative estimate of drug-likeness (QED) is 0.775. The molecule has 0 bridgehead atoms. The Hall–Kier alpha value is -0.980. The van der Waals surface area contributed by atoms with Crippen LogP contribution < -0.4 is 10.0 Å². The van der Waals surface area contributed by atoms with Crippen LogP contribution in [0.5, 0.6) is 0 Å². The van der Waals surface area contributed by atoms with Gasteiger partial charge >= 0.3 is 0 Å². The molecule has 0 radical (unpaired) electrons. The van der Waals surface area contributed by atoms with E-state index in [1.165, 1.54) is 19.1 Å². The molecule has 0 fully saturated rings. The van der Waals surface area contributed by atoms with E-state index < -0.39 is 15.8 Å². The SMILES string of the molecule is CCC(CC)CNS(=O)(=O)c1cc(CNC)cc(F)c1C. The Kier molecular flexibility index (Phi) is 6.77. The lowest BCUT2D eigenvalue weighted by molar-refractivity contribution is 0.478. The summed E-state index contributed by atoms with van der Waals surface area (Å²) in [5.74, 6) is -0.198. The smallest absolute Gasteiger partial charge is 0.240 e. The minimum atomic E-state index is -3.69. The lowest BCUT2D eigenvalue weighted by Crippen LogP contribution is -2.30. The molecule has 0 aliphatic rings. The van der Waals surface area contributed by atoms with Gasteiger partial charge in [-0.1, -0.05) is 26.7 Å². The van der Waals surface area contributed by atoms with Crippen LogP contribution in [0.4, 0.5) is 4.39 Å². The largest absolute Gasteiger partial charge is 0.316 e. The van der Waals surface area contributed by atoms with Crippen molar-refractivity contribution >= 4 is 10.0 Å². The molecule has 0 saturated carbocycles. The molecule has 0 saturated heterocycles. The summed E-state index contributed by atoms with van der Waals surface area (Å²) in [6.45, 7) is 6.35. The summed E-state index contributed by atoms with van der Waals surface area (Å²) in [6, 6.07) is 2.90. The van der Waals surface area contributed by atoms with Crippen LogP contribution in [0.25, 0.3) is 0 Å². The fraction of sp³-hybridized carbons (Fsp3) is 0.600. The summed E-state index contributed by atoms with van der Waals surface area (Å²) < 4.78 is 41.3. The van der Waals surface area contributed by atoms with Gasteiger partial charge in [0.05, 0.1) is 4.90 Å². The second-order valence-electron chi connectivity index (χ2n) is 5.27. The fourth-order valence-electron chi connectivity index (χ4n) is 2.17. The monoisotopic (exact) mass is 316 g/mol. The van der Waals surface area contributed by atoms with E-state index in [-0.39, 0.29) is 10.5 Å². The van der Waals surface area contributed by atoms with Crippen molar-refractivity contribution in [1.82, 2.24) is 10.0 Å². The summed E-state index contributed by atoms with van der Waals surface area (Å²) in [5.41, 5.74) is 0.774. The summed E-state index contributed by atoms with van der Waals surface area (Å²) in [4.78, 5) is 0.0266. The Bertz CT molecular complexity index is 569. The van der Waals surface area contributed by atoms with Gasteiger partial charge in [0.15, 0.2) is 0 Å². The number of rotatable bonds is 8. The van der Waals surface area contributed by atoms with E-state index in [0.717, 1.165) is 12.8 Å². The molecular formula is C15H25FN2O2S. The van der Waals surface area contributed by atoms with Gasteiger partial charge in [0.2, 0.25) is 10.0 Å². The lowest BCUT2D eigenvalue weighted by Gasteiger charge is -2.16. The third kappa shape index (κ3) is 4.76. The first-order chi connectivity index (χ1) is 9.85. The molecule has 0 aliphatic heterocycles. The van der Waals surface area contributed by atoms with E-state index in [1.807, 2.05) is 13.8 Å². The van der Waals surface area contributed by atoms with Crippen molar-refractivity contribution in [2.24, 2.45) is 5.92 Å². The first kappa shape index (κ1) is 18.1. The number of sulfonamides is 1. The maximum absolute atomic E-state index is 13.9. The molecule has 0 unspecified atom stereocenters. The molecule has 120 valence electrons. The molecule has 21 heavy (non-hydrogen) atoms. The highest BCUT2D eigenvalue weighted by atomic mass is 32.2. The molecule has 0 heterocycles. The molecule has 1 aromatic carbocycles. The third-order valence-corrected chi connectivity index (χ3v) is 5.29. The zero-order valence-corrected chi connectivity index (χ0v) is 14.0. The average Bonchev–Trinajstić information content (AvgIpc) is 2.43. The van der Waals surface area contributed by atoms with Gasteiger partial charge in [0.25, 0.3) is 0 Å². The summed E-state index contributed by atoms with van der Waals surface area (Å²) >= 11 is 0. The highest BCUT2D eigenvalue weighted by molar-refractivity contribution is 7.89. The number of benzene rings is 1. The second-order valence-corrected chi connectivity index (χ2v) is 7.00. The highest BCUT2D eigenvalue weighted by Gasteiger charge is 2.21. The molecule has 1 rings (SSSR count). The van der Waals surface area contributed by atoms with Crippen molar-refractivity contribution < 1.29 is 12.8 Å². The van der Waals surface area contributed by atoms with Crippen LogP contribution in [0.2, 0.25) is 0 Å². The van der Waals surface area contributed by atoms with Crippen molar-refractivity contribution in [2.75, 3.05) is 13.6 Å². The summed E-state index contributed by atoms with van der Waals surface area (Å²) in [7, 11) is -1.95. The molecule has 0 spiro atoms. The van der Waals surface area contributed by atoms with Crippen molar-refractivity contribution in [1.29, 1.82) is 0 Å². The van der Waals surface area contributed by atoms with Gasteiger partial charge in [-0.25, -0.2) is 17.5 Å². The lowest BCUT2D eigenvalue weighted by atomic mass is 10.0. The van der Waals surface area contributed by atoms with Crippen molar-refractivity contribution in [2.45, 2.75) is 45.1 Å². The van der Waals surface area contributed by atoms with E-state index in [9.17, 15) is 12.8 Å². The Labute approximate surface area is 127 Å². The van der Waals surface area contributed by atoms with Crippen LogP contribution >= 0.6 is 0 Å². The van der Waals surface area contributed by atoms with Crippen LogP contribution in [-0.4, -0.2) is 22.0 Å². The Morgan fingerprint density at radius 3 is 2.38 bits per heavy atom. The Balaban J connectivity index is 3.06. The molecular weight excluding hydrogens is 291 g/mol. The Morgan fingerprint density at radius 2 is 1.86 bits per heavy atom. The first-order valence-corrected chi connectivity index (χ1v) is 8.77. The topological polar surface area (TPSA) is 58.2 Å². The van der Waals surface area contributed by atoms with Crippen LogP contribution in [0.1, 0.15) is 37.8 Å². The van der Waals surface area contributed by atoms with E-state index in [4.69, 9.17) is 0 Å². The molecule has 1 aromatic rings. The van der Waals surface area contributed by atoms with Crippen LogP contribution in [-0.2, 0) is 16.6 Å². The van der Waals surface area contributed by atoms with Gasteiger partial charge in [0.1, 0.15) is 5.82 Å². The average molecular weight is 316 g/mol. The minimum absolute atomic E-state index is 0.0266. The molecule has 0 aliphatic carbocycles. The van der Waals surface area contributed by atoms with Crippen molar-refractivity contribution in [3.8, 4) is 0 Å². The fourth-order valence-corrected chi connectivity index (χ4v) is 3.59. The van der Waals surface area contributed by atoms with Crippen molar-refractivity contribution in [3.05, 3.63) is 29.1 Å². The van der Waals surface area contributed by atoms with Gasteiger partial charge in [-0.05, 0) is 37.6 Å². The number of hydrogen-bond donors (Lipinski definition) is 2. The first-order valence-electron chi connectivity index (χ1n) is 7.28. The maximum Gasteiger partial charge on any atom is 0.240 e. The maximum atomic E-state index is 13.9. The van der Waals surface area contributed by atoms with Crippen LogP contribution in [0.3, 0.4) is 0 Å². The zero-order chi connectivity index (χ0) is 16.0. The molecule has 2 N–H and O–H groups in total. The van der Waals surface area contributed by atoms with Gasteiger partial charge < -0.3 is 5.32 Å². The predicted molar refractivity (Wildman–Crippen MR) is 83.2 cm³/mol. The summed E-state index contributed by atoms with van der Waals surface area (Å²) in [6.07, 6.45) is 1.82. The molecule has 4 nitrogen and oxygen atoms in total. The Morgan fingerprint density at radius 1 is 1.24 bits per heavy atom. The van der Waals surface area contributed by atoms with Gasteiger partial charge in [-0.2, -0.15) is 0 Å². The molecule has 0 aromatic heterocycles. The normalized spacial score (nSPS) is 12.1. The molecule has 0 amide bonds.